The van der Waals surface area contributed by atoms with E-state index in [1.807, 2.05) is 37.3 Å². The Labute approximate surface area is 173 Å². The summed E-state index contributed by atoms with van der Waals surface area (Å²) < 4.78 is 42.0. The molecule has 0 aliphatic heterocycles. The van der Waals surface area contributed by atoms with Gasteiger partial charge in [0.05, 0.1) is 12.1 Å². The Morgan fingerprint density at radius 1 is 1.07 bits per heavy atom. The zero-order chi connectivity index (χ0) is 22.1. The number of hydrogen-bond donors (Lipinski definition) is 0. The molecule has 1 heterocycles. The van der Waals surface area contributed by atoms with Crippen molar-refractivity contribution in [2.45, 2.75) is 39.4 Å². The van der Waals surface area contributed by atoms with Crippen molar-refractivity contribution in [2.75, 3.05) is 0 Å². The molecule has 0 atom stereocenters. The molecule has 0 aliphatic rings. The first kappa shape index (κ1) is 21.4. The lowest BCUT2D eigenvalue weighted by Crippen LogP contribution is -2.25. The lowest BCUT2D eigenvalue weighted by Gasteiger charge is -2.18. The van der Waals surface area contributed by atoms with E-state index in [2.05, 4.69) is 18.7 Å². The summed E-state index contributed by atoms with van der Waals surface area (Å²) in [5, 5.41) is 0. The molecule has 2 aromatic carbocycles. The van der Waals surface area contributed by atoms with Crippen LogP contribution in [0.5, 0.6) is 0 Å². The maximum absolute atomic E-state index is 13.6. The van der Waals surface area contributed by atoms with Crippen LogP contribution in [0.3, 0.4) is 0 Å². The van der Waals surface area contributed by atoms with Crippen molar-refractivity contribution in [1.82, 2.24) is 4.57 Å². The number of hydrogen-bond acceptors (Lipinski definition) is 1. The molecule has 0 N–H and O–H groups in total. The van der Waals surface area contributed by atoms with Gasteiger partial charge in [0, 0.05) is 12.2 Å². The van der Waals surface area contributed by atoms with Crippen LogP contribution in [0.2, 0.25) is 0 Å². The molecule has 154 valence electrons. The maximum atomic E-state index is 13.6. The fourth-order valence-corrected chi connectivity index (χ4v) is 3.35. The lowest BCUT2D eigenvalue weighted by molar-refractivity contribution is -0.136. The largest absolute Gasteiger partial charge is 0.407 e. The molecule has 3 aromatic rings. The number of rotatable bonds is 4. The van der Waals surface area contributed by atoms with E-state index < -0.39 is 23.0 Å². The monoisotopic (exact) mass is 410 g/mol. The average Bonchev–Trinajstić information content (AvgIpc) is 2.68. The van der Waals surface area contributed by atoms with Crippen molar-refractivity contribution in [3.8, 4) is 11.3 Å². The molecule has 6 heteroatoms. The van der Waals surface area contributed by atoms with Crippen molar-refractivity contribution in [2.24, 2.45) is 0 Å². The van der Waals surface area contributed by atoms with E-state index >= 15 is 0 Å². The van der Waals surface area contributed by atoms with Crippen molar-refractivity contribution < 1.29 is 13.2 Å². The Balaban J connectivity index is 2.24. The predicted octanol–water partition coefficient (Wildman–Crippen LogP) is 6.57. The first-order valence-electron chi connectivity index (χ1n) is 9.50. The second kappa shape index (κ2) is 8.19. The van der Waals surface area contributed by atoms with Gasteiger partial charge < -0.3 is 4.57 Å². The van der Waals surface area contributed by atoms with Gasteiger partial charge in [0.25, 0.3) is 11.2 Å². The molecule has 1 aromatic heterocycles. The minimum atomic E-state index is -4.80. The summed E-state index contributed by atoms with van der Waals surface area (Å²) in [6.07, 6.45) is -4.80. The Bertz CT molecular complexity index is 1170. The third-order valence-corrected chi connectivity index (χ3v) is 4.99. The summed E-state index contributed by atoms with van der Waals surface area (Å²) in [6.45, 7) is 13.2. The highest BCUT2D eigenvalue weighted by molar-refractivity contribution is 5.66. The van der Waals surface area contributed by atoms with Gasteiger partial charge in [-0.15, -0.1) is 0 Å². The molecule has 0 aliphatic carbocycles. The third-order valence-electron chi connectivity index (χ3n) is 4.99. The molecule has 0 saturated carbocycles. The van der Waals surface area contributed by atoms with Crippen LogP contribution in [-0.4, -0.2) is 4.57 Å². The van der Waals surface area contributed by atoms with E-state index in [-0.39, 0.29) is 12.2 Å². The molecule has 3 nitrogen and oxygen atoms in total. The van der Waals surface area contributed by atoms with Crippen LogP contribution in [0, 0.1) is 13.5 Å². The maximum Gasteiger partial charge on any atom is 0.407 e. The summed E-state index contributed by atoms with van der Waals surface area (Å²) in [5.41, 5.74) is 0.331. The van der Waals surface area contributed by atoms with E-state index in [4.69, 9.17) is 6.57 Å². The van der Waals surface area contributed by atoms with Crippen LogP contribution < -0.4 is 5.56 Å². The van der Waals surface area contributed by atoms with E-state index in [1.165, 1.54) is 4.57 Å². The van der Waals surface area contributed by atoms with Crippen LogP contribution >= 0.6 is 0 Å². The third kappa shape index (κ3) is 4.30. The van der Waals surface area contributed by atoms with Gasteiger partial charge in [-0.2, -0.15) is 13.2 Å². The highest BCUT2D eigenvalue weighted by Crippen LogP contribution is 2.37. The van der Waals surface area contributed by atoms with Gasteiger partial charge >= 0.3 is 6.18 Å². The number of pyridine rings is 1. The van der Waals surface area contributed by atoms with E-state index in [0.717, 1.165) is 22.8 Å². The molecule has 3 rings (SSSR count). The topological polar surface area (TPSA) is 26.4 Å². The van der Waals surface area contributed by atoms with Gasteiger partial charge in [0.2, 0.25) is 0 Å². The van der Waals surface area contributed by atoms with E-state index in [9.17, 15) is 18.0 Å². The molecule has 0 unspecified atom stereocenters. The first-order valence-corrected chi connectivity index (χ1v) is 9.50. The van der Waals surface area contributed by atoms with Gasteiger partial charge in [0.15, 0.2) is 0 Å². The van der Waals surface area contributed by atoms with Gasteiger partial charge in [-0.1, -0.05) is 61.9 Å². The van der Waals surface area contributed by atoms with E-state index in [1.54, 1.807) is 18.2 Å². The molecular formula is C24H21F3N2O. The molecule has 0 spiro atoms. The predicted molar refractivity (Wildman–Crippen MR) is 112 cm³/mol. The standard InChI is InChI=1S/C24H21F3N2O/c1-15(2)18-10-8-17(9-11-18)14-29-21(19-7-5-6-16(3)12-19)13-20(24(25,26)27)22(28-4)23(29)30/h5-13,15H,14H2,1-3H3. The Kier molecular flexibility index (Phi) is 5.84. The van der Waals surface area contributed by atoms with Crippen LogP contribution in [0.15, 0.2) is 59.4 Å². The summed E-state index contributed by atoms with van der Waals surface area (Å²) in [7, 11) is 0. The molecular weight excluding hydrogens is 389 g/mol. The molecule has 0 amide bonds. The number of halogens is 3. The number of benzene rings is 2. The highest BCUT2D eigenvalue weighted by Gasteiger charge is 2.36. The molecule has 0 bridgehead atoms. The number of alkyl halides is 3. The zero-order valence-electron chi connectivity index (χ0n) is 16.9. The molecule has 0 fully saturated rings. The second-order valence-electron chi connectivity index (χ2n) is 7.56. The minimum absolute atomic E-state index is 0.0706. The number of aryl methyl sites for hydroxylation is 1. The van der Waals surface area contributed by atoms with Gasteiger partial charge in [-0.25, -0.2) is 4.85 Å². The summed E-state index contributed by atoms with van der Waals surface area (Å²) in [4.78, 5) is 15.9. The van der Waals surface area contributed by atoms with E-state index in [0.29, 0.717) is 11.5 Å². The van der Waals surface area contributed by atoms with Crippen LogP contribution in [0.1, 0.15) is 42.0 Å². The van der Waals surface area contributed by atoms with Crippen LogP contribution in [0.4, 0.5) is 18.9 Å². The zero-order valence-corrected chi connectivity index (χ0v) is 16.9. The molecule has 0 radical (unpaired) electrons. The highest BCUT2D eigenvalue weighted by atomic mass is 19.4. The summed E-state index contributed by atoms with van der Waals surface area (Å²) in [5.74, 6) is 0.337. The fraction of sp³-hybridized carbons (Fsp3) is 0.250. The van der Waals surface area contributed by atoms with Gasteiger partial charge in [-0.05, 0) is 41.7 Å². The van der Waals surface area contributed by atoms with Crippen molar-refractivity contribution in [3.63, 3.8) is 0 Å². The Hall–Kier alpha value is -3.33. The van der Waals surface area contributed by atoms with Crippen molar-refractivity contribution >= 4 is 5.69 Å². The van der Waals surface area contributed by atoms with Crippen LogP contribution in [0.25, 0.3) is 16.1 Å². The number of nitrogens with zero attached hydrogens (tertiary/aromatic N) is 2. The minimum Gasteiger partial charge on any atom is -0.313 e. The van der Waals surface area contributed by atoms with Crippen molar-refractivity contribution in [1.29, 1.82) is 0 Å². The normalized spacial score (nSPS) is 11.5. The summed E-state index contributed by atoms with van der Waals surface area (Å²) >= 11 is 0. The second-order valence-corrected chi connectivity index (χ2v) is 7.56. The quantitative estimate of drug-likeness (QED) is 0.447. The average molecular weight is 410 g/mol. The molecule has 30 heavy (non-hydrogen) atoms. The number of aromatic nitrogens is 1. The summed E-state index contributed by atoms with van der Waals surface area (Å²) in [6, 6.07) is 15.5. The van der Waals surface area contributed by atoms with Crippen molar-refractivity contribution in [3.05, 3.63) is 98.6 Å². The Morgan fingerprint density at radius 2 is 1.73 bits per heavy atom. The Morgan fingerprint density at radius 3 is 2.27 bits per heavy atom. The van der Waals surface area contributed by atoms with Gasteiger partial charge in [-0.3, -0.25) is 4.79 Å². The first-order chi connectivity index (χ1) is 14.1. The smallest absolute Gasteiger partial charge is 0.313 e. The van der Waals surface area contributed by atoms with Crippen LogP contribution in [-0.2, 0) is 12.7 Å². The SMILES string of the molecule is [C-]#[N+]c1c(C(F)(F)F)cc(-c2cccc(C)c2)n(Cc2ccc(C(C)C)cc2)c1=O. The molecule has 0 saturated heterocycles. The van der Waals surface area contributed by atoms with Gasteiger partial charge in [0.1, 0.15) is 0 Å². The fourth-order valence-electron chi connectivity index (χ4n) is 3.35. The lowest BCUT2D eigenvalue weighted by atomic mass is 10.0.